The fourth-order valence-electron chi connectivity index (χ4n) is 1.72. The molecule has 1 aromatic carbocycles. The molecular formula is C12H8BrN3O. The van der Waals surface area contributed by atoms with Gasteiger partial charge in [-0.05, 0) is 17.7 Å². The number of aromatic amines is 1. The number of fused-ring (bicyclic) bond motifs is 1. The van der Waals surface area contributed by atoms with Gasteiger partial charge in [-0.3, -0.25) is 4.40 Å². The summed E-state index contributed by atoms with van der Waals surface area (Å²) in [6.07, 6.45) is 3.25. The van der Waals surface area contributed by atoms with Gasteiger partial charge in [0.15, 0.2) is 0 Å². The van der Waals surface area contributed by atoms with Crippen LogP contribution in [0, 0.1) is 0 Å². The molecule has 3 aromatic rings. The molecule has 0 atom stereocenters. The molecular weight excluding hydrogens is 282 g/mol. The first-order chi connectivity index (χ1) is 8.24. The molecule has 4 nitrogen and oxygen atoms in total. The lowest BCUT2D eigenvalue weighted by molar-refractivity contribution is 1.01. The molecule has 2 heterocycles. The monoisotopic (exact) mass is 289 g/mol. The third kappa shape index (κ3) is 1.78. The van der Waals surface area contributed by atoms with E-state index in [2.05, 4.69) is 25.9 Å². The summed E-state index contributed by atoms with van der Waals surface area (Å²) in [5, 5.41) is 0. The van der Waals surface area contributed by atoms with E-state index in [0.717, 1.165) is 15.7 Å². The van der Waals surface area contributed by atoms with Gasteiger partial charge in [-0.1, -0.05) is 28.1 Å². The van der Waals surface area contributed by atoms with Gasteiger partial charge in [0.05, 0.1) is 5.69 Å². The topological polar surface area (TPSA) is 50.2 Å². The quantitative estimate of drug-likeness (QED) is 0.748. The van der Waals surface area contributed by atoms with Crippen molar-refractivity contribution in [1.82, 2.24) is 14.4 Å². The molecule has 0 amide bonds. The van der Waals surface area contributed by atoms with E-state index in [1.807, 2.05) is 30.3 Å². The highest BCUT2D eigenvalue weighted by Gasteiger charge is 2.03. The number of aromatic nitrogens is 3. The van der Waals surface area contributed by atoms with E-state index in [9.17, 15) is 4.79 Å². The van der Waals surface area contributed by atoms with Crippen LogP contribution >= 0.6 is 15.9 Å². The highest BCUT2D eigenvalue weighted by Crippen LogP contribution is 2.19. The summed E-state index contributed by atoms with van der Waals surface area (Å²) in [4.78, 5) is 18.7. The van der Waals surface area contributed by atoms with Gasteiger partial charge in [-0.15, -0.1) is 0 Å². The van der Waals surface area contributed by atoms with E-state index in [0.29, 0.717) is 5.65 Å². The summed E-state index contributed by atoms with van der Waals surface area (Å²) in [5.74, 6) is 0. The van der Waals surface area contributed by atoms with Crippen LogP contribution in [-0.2, 0) is 0 Å². The minimum absolute atomic E-state index is 0.182. The maximum absolute atomic E-state index is 11.8. The van der Waals surface area contributed by atoms with Crippen LogP contribution in [0.4, 0.5) is 0 Å². The Morgan fingerprint density at radius 1 is 1.24 bits per heavy atom. The van der Waals surface area contributed by atoms with Gasteiger partial charge in [0.25, 0.3) is 0 Å². The molecule has 17 heavy (non-hydrogen) atoms. The molecule has 0 unspecified atom stereocenters. The number of nitrogens with zero attached hydrogens (tertiary/aromatic N) is 2. The molecule has 3 rings (SSSR count). The van der Waals surface area contributed by atoms with Crippen molar-refractivity contribution in [2.24, 2.45) is 0 Å². The van der Waals surface area contributed by atoms with Crippen LogP contribution in [0.15, 0.2) is 52.0 Å². The Labute approximate surface area is 105 Å². The van der Waals surface area contributed by atoms with Gasteiger partial charge in [0.2, 0.25) is 0 Å². The fourth-order valence-corrected chi connectivity index (χ4v) is 1.98. The molecule has 0 aliphatic heterocycles. The average molecular weight is 290 g/mol. The normalized spacial score (nSPS) is 10.9. The number of nitrogens with one attached hydrogen (secondary N) is 1. The Bertz CT molecular complexity index is 727. The third-order valence-corrected chi connectivity index (χ3v) is 3.09. The van der Waals surface area contributed by atoms with Gasteiger partial charge in [-0.25, -0.2) is 9.78 Å². The molecule has 0 saturated heterocycles. The highest BCUT2D eigenvalue weighted by molar-refractivity contribution is 9.10. The van der Waals surface area contributed by atoms with Crippen LogP contribution in [0.5, 0.6) is 0 Å². The van der Waals surface area contributed by atoms with E-state index in [4.69, 9.17) is 0 Å². The molecule has 5 heteroatoms. The van der Waals surface area contributed by atoms with Crippen LogP contribution in [0.1, 0.15) is 0 Å². The number of halogens is 1. The van der Waals surface area contributed by atoms with Crippen molar-refractivity contribution in [3.63, 3.8) is 0 Å². The number of imidazole rings is 1. The van der Waals surface area contributed by atoms with Crippen molar-refractivity contribution in [1.29, 1.82) is 0 Å². The van der Waals surface area contributed by atoms with Crippen LogP contribution < -0.4 is 5.69 Å². The molecule has 0 spiro atoms. The number of hydrogen-bond donors (Lipinski definition) is 1. The molecule has 0 aliphatic rings. The van der Waals surface area contributed by atoms with E-state index in [1.165, 1.54) is 4.40 Å². The summed E-state index contributed by atoms with van der Waals surface area (Å²) in [6, 6.07) is 9.60. The van der Waals surface area contributed by atoms with Crippen molar-refractivity contribution in [2.45, 2.75) is 0 Å². The zero-order valence-corrected chi connectivity index (χ0v) is 10.3. The predicted molar refractivity (Wildman–Crippen MR) is 68.9 cm³/mol. The van der Waals surface area contributed by atoms with Crippen molar-refractivity contribution in [3.05, 3.63) is 57.7 Å². The molecule has 1 N–H and O–H groups in total. The smallest absolute Gasteiger partial charge is 0.306 e. The van der Waals surface area contributed by atoms with E-state index < -0.39 is 0 Å². The first-order valence-corrected chi connectivity index (χ1v) is 5.86. The predicted octanol–water partition coefficient (Wildman–Crippen LogP) is 2.45. The second-order valence-electron chi connectivity index (χ2n) is 3.65. The van der Waals surface area contributed by atoms with Gasteiger partial charge in [0, 0.05) is 22.9 Å². The molecule has 2 aromatic heterocycles. The maximum Gasteiger partial charge on any atom is 0.331 e. The van der Waals surface area contributed by atoms with Crippen molar-refractivity contribution in [3.8, 4) is 11.3 Å². The second kappa shape index (κ2) is 3.85. The lowest BCUT2D eigenvalue weighted by Gasteiger charge is -2.02. The summed E-state index contributed by atoms with van der Waals surface area (Å²) >= 11 is 3.38. The van der Waals surface area contributed by atoms with E-state index in [1.54, 1.807) is 12.4 Å². The van der Waals surface area contributed by atoms with Crippen molar-refractivity contribution >= 4 is 21.6 Å². The minimum Gasteiger partial charge on any atom is -0.306 e. The third-order valence-electron chi connectivity index (χ3n) is 2.56. The first kappa shape index (κ1) is 10.3. The van der Waals surface area contributed by atoms with Crippen molar-refractivity contribution in [2.75, 3.05) is 0 Å². The zero-order valence-electron chi connectivity index (χ0n) is 8.72. The van der Waals surface area contributed by atoms with E-state index in [-0.39, 0.29) is 5.69 Å². The number of H-pyrrole nitrogens is 1. The lowest BCUT2D eigenvalue weighted by Crippen LogP contribution is -2.15. The van der Waals surface area contributed by atoms with Gasteiger partial charge >= 0.3 is 5.69 Å². The van der Waals surface area contributed by atoms with Crippen LogP contribution in [0.2, 0.25) is 0 Å². The van der Waals surface area contributed by atoms with Gasteiger partial charge < -0.3 is 4.98 Å². The average Bonchev–Trinajstić information content (AvgIpc) is 2.78. The SMILES string of the molecule is O=c1[nH]c(-c2ccc(Br)cc2)cc2nccn12. The Morgan fingerprint density at radius 2 is 2.00 bits per heavy atom. The molecule has 0 bridgehead atoms. The highest BCUT2D eigenvalue weighted by atomic mass is 79.9. The largest absolute Gasteiger partial charge is 0.331 e. The van der Waals surface area contributed by atoms with Crippen LogP contribution in [0.3, 0.4) is 0 Å². The second-order valence-corrected chi connectivity index (χ2v) is 4.57. The standard InChI is InChI=1S/C12H8BrN3O/c13-9-3-1-8(2-4-9)10-7-11-14-5-6-16(11)12(17)15-10/h1-7H,(H,15,17). The summed E-state index contributed by atoms with van der Waals surface area (Å²) in [5.41, 5.74) is 2.18. The van der Waals surface area contributed by atoms with Crippen molar-refractivity contribution < 1.29 is 0 Å². The Hall–Kier alpha value is -1.88. The molecule has 0 aliphatic carbocycles. The number of hydrogen-bond acceptors (Lipinski definition) is 2. The summed E-state index contributed by atoms with van der Waals surface area (Å²) < 4.78 is 2.48. The molecule has 84 valence electrons. The number of rotatable bonds is 1. The van der Waals surface area contributed by atoms with Crippen LogP contribution in [-0.4, -0.2) is 14.4 Å². The number of benzene rings is 1. The Balaban J connectivity index is 2.23. The minimum atomic E-state index is -0.182. The molecule has 0 fully saturated rings. The first-order valence-electron chi connectivity index (χ1n) is 5.06. The Kier molecular flexibility index (Phi) is 2.33. The lowest BCUT2D eigenvalue weighted by atomic mass is 10.1. The van der Waals surface area contributed by atoms with Crippen LogP contribution in [0.25, 0.3) is 16.9 Å². The molecule has 0 saturated carbocycles. The summed E-state index contributed by atoms with van der Waals surface area (Å²) in [7, 11) is 0. The Morgan fingerprint density at radius 3 is 2.76 bits per heavy atom. The zero-order chi connectivity index (χ0) is 11.8. The summed E-state index contributed by atoms with van der Waals surface area (Å²) in [6.45, 7) is 0. The van der Waals surface area contributed by atoms with Gasteiger partial charge in [0.1, 0.15) is 5.65 Å². The van der Waals surface area contributed by atoms with Gasteiger partial charge in [-0.2, -0.15) is 0 Å². The van der Waals surface area contributed by atoms with E-state index >= 15 is 0 Å². The fraction of sp³-hybridized carbons (Fsp3) is 0. The molecule has 0 radical (unpaired) electrons. The maximum atomic E-state index is 11.8.